The van der Waals surface area contributed by atoms with Gasteiger partial charge in [-0.1, -0.05) is 25.0 Å². The second kappa shape index (κ2) is 4.76. The Morgan fingerprint density at radius 2 is 1.80 bits per heavy atom. The number of aromatic nitrogens is 1. The van der Waals surface area contributed by atoms with Crippen LogP contribution in [-0.4, -0.2) is 4.98 Å². The number of nitrogens with two attached hydrogens (primary N) is 1. The minimum Gasteiger partial charge on any atom is -0.398 e. The standard InChI is InChI=1S/C18H22N2/c19-16-11-17(13-6-1-2-7-13)20-18-14-8-4-3-5-12(14)9-10-15(16)18/h9-11,13H,1-8H2,(H2,19,20). The monoisotopic (exact) mass is 266 g/mol. The van der Waals surface area contributed by atoms with E-state index in [1.165, 1.54) is 73.7 Å². The number of pyridine rings is 1. The number of rotatable bonds is 1. The predicted molar refractivity (Wildman–Crippen MR) is 84.0 cm³/mol. The van der Waals surface area contributed by atoms with E-state index in [4.69, 9.17) is 10.7 Å². The number of anilines is 1. The predicted octanol–water partition coefficient (Wildman–Crippen LogP) is 4.35. The highest BCUT2D eigenvalue weighted by Crippen LogP contribution is 2.37. The number of nitrogen functional groups attached to an aromatic ring is 1. The lowest BCUT2D eigenvalue weighted by molar-refractivity contribution is 0.684. The van der Waals surface area contributed by atoms with Gasteiger partial charge in [-0.05, 0) is 55.7 Å². The normalized spacial score (nSPS) is 19.4. The molecule has 2 aromatic rings. The van der Waals surface area contributed by atoms with Crippen LogP contribution >= 0.6 is 0 Å². The number of nitrogens with zero attached hydrogens (tertiary/aromatic N) is 1. The molecule has 1 aromatic heterocycles. The first-order valence-corrected chi connectivity index (χ1v) is 8.04. The molecular formula is C18H22N2. The summed E-state index contributed by atoms with van der Waals surface area (Å²) in [5.74, 6) is 0.640. The third-order valence-electron chi connectivity index (χ3n) is 5.13. The summed E-state index contributed by atoms with van der Waals surface area (Å²) in [5.41, 5.74) is 12.7. The van der Waals surface area contributed by atoms with Crippen LogP contribution in [0, 0.1) is 0 Å². The lowest BCUT2D eigenvalue weighted by atomic mass is 9.89. The van der Waals surface area contributed by atoms with Gasteiger partial charge in [0.05, 0.1) is 5.52 Å². The molecule has 2 aliphatic rings. The number of fused-ring (bicyclic) bond motifs is 3. The minimum atomic E-state index is 0.640. The Labute approximate surface area is 120 Å². The zero-order valence-electron chi connectivity index (χ0n) is 12.0. The Hall–Kier alpha value is -1.57. The third-order valence-corrected chi connectivity index (χ3v) is 5.13. The molecular weight excluding hydrogens is 244 g/mol. The molecule has 1 fully saturated rings. The van der Waals surface area contributed by atoms with Gasteiger partial charge in [0.1, 0.15) is 0 Å². The van der Waals surface area contributed by atoms with Crippen LogP contribution in [0.25, 0.3) is 10.9 Å². The van der Waals surface area contributed by atoms with Gasteiger partial charge in [-0.2, -0.15) is 0 Å². The summed E-state index contributed by atoms with van der Waals surface area (Å²) in [7, 11) is 0. The molecule has 1 aromatic carbocycles. The highest BCUT2D eigenvalue weighted by atomic mass is 14.7. The van der Waals surface area contributed by atoms with Crippen molar-refractivity contribution in [1.82, 2.24) is 4.98 Å². The van der Waals surface area contributed by atoms with Gasteiger partial charge in [0, 0.05) is 22.7 Å². The fourth-order valence-electron chi connectivity index (χ4n) is 4.00. The fraction of sp³-hybridized carbons (Fsp3) is 0.500. The maximum atomic E-state index is 6.32. The zero-order chi connectivity index (χ0) is 13.5. The molecule has 2 N–H and O–H groups in total. The number of hydrogen-bond donors (Lipinski definition) is 1. The van der Waals surface area contributed by atoms with E-state index in [2.05, 4.69) is 18.2 Å². The van der Waals surface area contributed by atoms with Crippen LogP contribution in [-0.2, 0) is 12.8 Å². The molecule has 0 bridgehead atoms. The van der Waals surface area contributed by atoms with E-state index in [1.54, 1.807) is 0 Å². The maximum Gasteiger partial charge on any atom is 0.0760 e. The van der Waals surface area contributed by atoms with Crippen molar-refractivity contribution in [2.75, 3.05) is 5.73 Å². The lowest BCUT2D eigenvalue weighted by Gasteiger charge is -2.19. The molecule has 0 aliphatic heterocycles. The maximum absolute atomic E-state index is 6.32. The lowest BCUT2D eigenvalue weighted by Crippen LogP contribution is -2.07. The van der Waals surface area contributed by atoms with Gasteiger partial charge in [0.15, 0.2) is 0 Å². The van der Waals surface area contributed by atoms with Crippen LogP contribution in [0.4, 0.5) is 5.69 Å². The number of aryl methyl sites for hydroxylation is 2. The quantitative estimate of drug-likeness (QED) is 0.833. The molecule has 0 unspecified atom stereocenters. The van der Waals surface area contributed by atoms with Crippen molar-refractivity contribution in [3.8, 4) is 0 Å². The molecule has 2 nitrogen and oxygen atoms in total. The molecule has 0 atom stereocenters. The molecule has 2 aliphatic carbocycles. The molecule has 1 heterocycles. The summed E-state index contributed by atoms with van der Waals surface area (Å²) in [6.07, 6.45) is 10.2. The van der Waals surface area contributed by atoms with E-state index in [-0.39, 0.29) is 0 Å². The van der Waals surface area contributed by atoms with E-state index in [1.807, 2.05) is 0 Å². The molecule has 0 spiro atoms. The molecule has 2 heteroatoms. The first-order valence-electron chi connectivity index (χ1n) is 8.04. The first-order chi connectivity index (χ1) is 9.83. The summed E-state index contributed by atoms with van der Waals surface area (Å²) in [4.78, 5) is 5.05. The summed E-state index contributed by atoms with van der Waals surface area (Å²) >= 11 is 0. The van der Waals surface area contributed by atoms with Crippen LogP contribution in [0.2, 0.25) is 0 Å². The van der Waals surface area contributed by atoms with Crippen LogP contribution in [0.3, 0.4) is 0 Å². The summed E-state index contributed by atoms with van der Waals surface area (Å²) < 4.78 is 0. The minimum absolute atomic E-state index is 0.640. The molecule has 1 saturated carbocycles. The molecule has 20 heavy (non-hydrogen) atoms. The van der Waals surface area contributed by atoms with E-state index in [9.17, 15) is 0 Å². The number of benzene rings is 1. The third kappa shape index (κ3) is 1.90. The van der Waals surface area contributed by atoms with Crippen molar-refractivity contribution in [1.29, 1.82) is 0 Å². The van der Waals surface area contributed by atoms with Crippen molar-refractivity contribution < 1.29 is 0 Å². The highest BCUT2D eigenvalue weighted by Gasteiger charge is 2.21. The fourth-order valence-corrected chi connectivity index (χ4v) is 4.00. The number of hydrogen-bond acceptors (Lipinski definition) is 2. The van der Waals surface area contributed by atoms with Crippen molar-refractivity contribution in [2.24, 2.45) is 0 Å². The first kappa shape index (κ1) is 12.2. The molecule has 4 rings (SSSR count). The average Bonchev–Trinajstić information content (AvgIpc) is 3.01. The van der Waals surface area contributed by atoms with Crippen LogP contribution < -0.4 is 5.73 Å². The summed E-state index contributed by atoms with van der Waals surface area (Å²) in [6.45, 7) is 0. The van der Waals surface area contributed by atoms with Crippen molar-refractivity contribution in [3.05, 3.63) is 35.0 Å². The molecule has 0 radical (unpaired) electrons. The van der Waals surface area contributed by atoms with E-state index < -0.39 is 0 Å². The summed E-state index contributed by atoms with van der Waals surface area (Å²) in [6, 6.07) is 6.58. The van der Waals surface area contributed by atoms with Gasteiger partial charge in [-0.3, -0.25) is 4.98 Å². The van der Waals surface area contributed by atoms with E-state index in [0.717, 1.165) is 11.1 Å². The highest BCUT2D eigenvalue weighted by molar-refractivity contribution is 5.93. The Balaban J connectivity index is 1.91. The SMILES string of the molecule is Nc1cc(C2CCCC2)nc2c3c(ccc12)CCCC3. The summed E-state index contributed by atoms with van der Waals surface area (Å²) in [5, 5.41) is 1.16. The second-order valence-corrected chi connectivity index (χ2v) is 6.42. The van der Waals surface area contributed by atoms with E-state index in [0.29, 0.717) is 5.92 Å². The van der Waals surface area contributed by atoms with Crippen LogP contribution in [0.1, 0.15) is 61.3 Å². The topological polar surface area (TPSA) is 38.9 Å². The van der Waals surface area contributed by atoms with Gasteiger partial charge in [0.2, 0.25) is 0 Å². The van der Waals surface area contributed by atoms with Gasteiger partial charge in [-0.25, -0.2) is 0 Å². The van der Waals surface area contributed by atoms with Crippen molar-refractivity contribution in [3.63, 3.8) is 0 Å². The van der Waals surface area contributed by atoms with Gasteiger partial charge < -0.3 is 5.73 Å². The van der Waals surface area contributed by atoms with Gasteiger partial charge in [-0.15, -0.1) is 0 Å². The van der Waals surface area contributed by atoms with Gasteiger partial charge >= 0.3 is 0 Å². The Morgan fingerprint density at radius 1 is 1.00 bits per heavy atom. The Morgan fingerprint density at radius 3 is 2.65 bits per heavy atom. The second-order valence-electron chi connectivity index (χ2n) is 6.42. The molecule has 104 valence electrons. The van der Waals surface area contributed by atoms with E-state index >= 15 is 0 Å². The van der Waals surface area contributed by atoms with Gasteiger partial charge in [0.25, 0.3) is 0 Å². The smallest absolute Gasteiger partial charge is 0.0760 e. The molecule has 0 saturated heterocycles. The Bertz CT molecular complexity index is 654. The van der Waals surface area contributed by atoms with Crippen molar-refractivity contribution in [2.45, 2.75) is 57.3 Å². The zero-order valence-corrected chi connectivity index (χ0v) is 12.0. The van der Waals surface area contributed by atoms with Crippen LogP contribution in [0.5, 0.6) is 0 Å². The average molecular weight is 266 g/mol. The van der Waals surface area contributed by atoms with Crippen molar-refractivity contribution >= 4 is 16.6 Å². The van der Waals surface area contributed by atoms with Crippen LogP contribution in [0.15, 0.2) is 18.2 Å². The largest absolute Gasteiger partial charge is 0.398 e. The Kier molecular flexibility index (Phi) is 2.90. The molecule has 0 amide bonds.